The molecule has 2 fully saturated rings. The summed E-state index contributed by atoms with van der Waals surface area (Å²) in [5.41, 5.74) is 7.53. The summed E-state index contributed by atoms with van der Waals surface area (Å²) in [5.74, 6) is 0.134. The first kappa shape index (κ1) is 14.5. The highest BCUT2D eigenvalue weighted by Gasteiger charge is 2.29. The summed E-state index contributed by atoms with van der Waals surface area (Å²) in [6, 6.07) is 6.12. The monoisotopic (exact) mass is 308 g/mol. The smallest absolute Gasteiger partial charge is 0.172 e. The van der Waals surface area contributed by atoms with Gasteiger partial charge in [0.15, 0.2) is 5.84 Å². The van der Waals surface area contributed by atoms with Gasteiger partial charge in [-0.1, -0.05) is 16.8 Å². The van der Waals surface area contributed by atoms with Gasteiger partial charge in [0.25, 0.3) is 0 Å². The number of anilines is 1. The summed E-state index contributed by atoms with van der Waals surface area (Å²) in [6.45, 7) is 4.31. The number of hydrogen-bond acceptors (Lipinski definition) is 4. The fourth-order valence-electron chi connectivity index (χ4n) is 3.46. The zero-order valence-corrected chi connectivity index (χ0v) is 12.8. The van der Waals surface area contributed by atoms with Crippen LogP contribution in [0.3, 0.4) is 0 Å². The number of oxime groups is 1. The first-order chi connectivity index (χ1) is 10.2. The van der Waals surface area contributed by atoms with Crippen molar-refractivity contribution in [2.45, 2.75) is 25.3 Å². The molecule has 5 nitrogen and oxygen atoms in total. The van der Waals surface area contributed by atoms with Gasteiger partial charge in [-0.15, -0.1) is 0 Å². The van der Waals surface area contributed by atoms with Crippen molar-refractivity contribution in [2.75, 3.05) is 31.1 Å². The highest BCUT2D eigenvalue weighted by molar-refractivity contribution is 6.31. The minimum Gasteiger partial charge on any atom is -0.409 e. The van der Waals surface area contributed by atoms with E-state index in [0.717, 1.165) is 37.3 Å². The van der Waals surface area contributed by atoms with Crippen molar-refractivity contribution in [1.29, 1.82) is 0 Å². The van der Waals surface area contributed by atoms with Crippen molar-refractivity contribution in [3.8, 4) is 0 Å². The first-order valence-electron chi connectivity index (χ1n) is 7.45. The van der Waals surface area contributed by atoms with Crippen molar-refractivity contribution in [2.24, 2.45) is 10.9 Å². The molecule has 1 unspecified atom stereocenters. The van der Waals surface area contributed by atoms with Crippen LogP contribution in [0.25, 0.3) is 0 Å². The Balaban J connectivity index is 1.93. The second-order valence-corrected chi connectivity index (χ2v) is 6.21. The van der Waals surface area contributed by atoms with Gasteiger partial charge in [-0.25, -0.2) is 0 Å². The molecule has 114 valence electrons. The van der Waals surface area contributed by atoms with Crippen molar-refractivity contribution in [1.82, 2.24) is 4.90 Å². The highest BCUT2D eigenvalue weighted by Crippen LogP contribution is 2.29. The maximum absolute atomic E-state index is 8.99. The summed E-state index contributed by atoms with van der Waals surface area (Å²) in [4.78, 5) is 4.91. The molecule has 1 aromatic rings. The van der Waals surface area contributed by atoms with Gasteiger partial charge in [0.2, 0.25) is 0 Å². The molecule has 0 bridgehead atoms. The molecule has 3 N–H and O–H groups in total. The predicted molar refractivity (Wildman–Crippen MR) is 85.4 cm³/mol. The molecule has 2 saturated heterocycles. The van der Waals surface area contributed by atoms with Crippen LogP contribution < -0.4 is 10.6 Å². The Hall–Kier alpha value is -1.46. The number of rotatable bonds is 2. The molecular weight excluding hydrogens is 288 g/mol. The van der Waals surface area contributed by atoms with Crippen LogP contribution in [-0.2, 0) is 0 Å². The Bertz CT molecular complexity index is 548. The first-order valence-corrected chi connectivity index (χ1v) is 7.83. The van der Waals surface area contributed by atoms with Gasteiger partial charge >= 0.3 is 0 Å². The number of nitrogens with two attached hydrogens (primary N) is 1. The van der Waals surface area contributed by atoms with E-state index in [1.165, 1.54) is 19.4 Å². The van der Waals surface area contributed by atoms with E-state index in [9.17, 15) is 0 Å². The molecule has 21 heavy (non-hydrogen) atoms. The van der Waals surface area contributed by atoms with E-state index in [0.29, 0.717) is 11.1 Å². The van der Waals surface area contributed by atoms with Crippen LogP contribution in [-0.4, -0.2) is 48.2 Å². The van der Waals surface area contributed by atoms with Crippen LogP contribution in [0.5, 0.6) is 0 Å². The summed E-state index contributed by atoms with van der Waals surface area (Å²) < 4.78 is 0. The van der Waals surface area contributed by atoms with E-state index >= 15 is 0 Å². The normalized spacial score (nSPS) is 24.0. The Morgan fingerprint density at radius 2 is 2.10 bits per heavy atom. The van der Waals surface area contributed by atoms with E-state index in [4.69, 9.17) is 22.5 Å². The maximum Gasteiger partial charge on any atom is 0.172 e. The molecule has 0 aromatic heterocycles. The lowest BCUT2D eigenvalue weighted by atomic mass is 10.1. The van der Waals surface area contributed by atoms with Gasteiger partial charge in [-0.2, -0.15) is 0 Å². The molecule has 2 heterocycles. The zero-order valence-electron chi connectivity index (χ0n) is 12.0. The van der Waals surface area contributed by atoms with Gasteiger partial charge in [-0.05, 0) is 44.0 Å². The van der Waals surface area contributed by atoms with Crippen LogP contribution in [0.1, 0.15) is 24.8 Å². The SMILES string of the molecule is NC(=NO)c1ccc(Cl)cc1N1CCCN2CCCC2C1. The van der Waals surface area contributed by atoms with Crippen LogP contribution in [0.4, 0.5) is 5.69 Å². The molecule has 0 amide bonds. The Kier molecular flexibility index (Phi) is 4.22. The molecule has 2 aliphatic rings. The topological polar surface area (TPSA) is 65.1 Å². The van der Waals surface area contributed by atoms with E-state index in [2.05, 4.69) is 15.0 Å². The summed E-state index contributed by atoms with van der Waals surface area (Å²) >= 11 is 6.16. The Morgan fingerprint density at radius 1 is 1.29 bits per heavy atom. The molecule has 0 radical (unpaired) electrons. The molecule has 2 aliphatic heterocycles. The number of amidine groups is 1. The van der Waals surface area contributed by atoms with Crippen molar-refractivity contribution < 1.29 is 5.21 Å². The van der Waals surface area contributed by atoms with Crippen LogP contribution >= 0.6 is 11.6 Å². The van der Waals surface area contributed by atoms with Crippen LogP contribution in [0, 0.1) is 0 Å². The molecule has 6 heteroatoms. The number of fused-ring (bicyclic) bond motifs is 1. The second kappa shape index (κ2) is 6.12. The molecule has 0 spiro atoms. The molecule has 1 atom stereocenters. The van der Waals surface area contributed by atoms with Crippen molar-refractivity contribution in [3.63, 3.8) is 0 Å². The van der Waals surface area contributed by atoms with Gasteiger partial charge in [0, 0.05) is 41.9 Å². The van der Waals surface area contributed by atoms with Crippen molar-refractivity contribution >= 4 is 23.1 Å². The maximum atomic E-state index is 8.99. The third-order valence-corrected chi connectivity index (χ3v) is 4.72. The fourth-order valence-corrected chi connectivity index (χ4v) is 3.63. The number of nitrogens with zero attached hydrogens (tertiary/aromatic N) is 3. The number of halogens is 1. The van der Waals surface area contributed by atoms with Crippen LogP contribution in [0.15, 0.2) is 23.4 Å². The standard InChI is InChI=1S/C15H21ClN4O/c16-11-4-5-13(15(17)18-21)14(9-11)20-8-2-7-19-6-1-3-12(19)10-20/h4-5,9,12,21H,1-3,6-8,10H2,(H2,17,18). The lowest BCUT2D eigenvalue weighted by Gasteiger charge is -2.29. The minimum atomic E-state index is 0.134. The Labute approximate surface area is 130 Å². The third-order valence-electron chi connectivity index (χ3n) is 4.49. The van der Waals surface area contributed by atoms with E-state index in [1.54, 1.807) is 6.07 Å². The van der Waals surface area contributed by atoms with E-state index in [-0.39, 0.29) is 5.84 Å². The summed E-state index contributed by atoms with van der Waals surface area (Å²) in [7, 11) is 0. The Morgan fingerprint density at radius 3 is 2.90 bits per heavy atom. The lowest BCUT2D eigenvalue weighted by Crippen LogP contribution is -2.37. The molecule has 0 saturated carbocycles. The molecule has 1 aromatic carbocycles. The van der Waals surface area contributed by atoms with Gasteiger partial charge in [0.05, 0.1) is 0 Å². The lowest BCUT2D eigenvalue weighted by molar-refractivity contribution is 0.273. The fraction of sp³-hybridized carbons (Fsp3) is 0.533. The quantitative estimate of drug-likeness (QED) is 0.380. The third kappa shape index (κ3) is 2.94. The average molecular weight is 309 g/mol. The van der Waals surface area contributed by atoms with Gasteiger partial charge < -0.3 is 15.8 Å². The molecular formula is C15H21ClN4O. The van der Waals surface area contributed by atoms with Crippen LogP contribution in [0.2, 0.25) is 5.02 Å². The highest BCUT2D eigenvalue weighted by atomic mass is 35.5. The van der Waals surface area contributed by atoms with Gasteiger partial charge in [-0.3, -0.25) is 4.90 Å². The van der Waals surface area contributed by atoms with Crippen molar-refractivity contribution in [3.05, 3.63) is 28.8 Å². The van der Waals surface area contributed by atoms with E-state index in [1.807, 2.05) is 12.1 Å². The average Bonchev–Trinajstić information content (AvgIpc) is 2.83. The molecule has 0 aliphatic carbocycles. The predicted octanol–water partition coefficient (Wildman–Crippen LogP) is 2.11. The molecule has 3 rings (SSSR count). The van der Waals surface area contributed by atoms with Gasteiger partial charge in [0.1, 0.15) is 0 Å². The zero-order chi connectivity index (χ0) is 14.8. The second-order valence-electron chi connectivity index (χ2n) is 5.78. The largest absolute Gasteiger partial charge is 0.409 e. The van der Waals surface area contributed by atoms with E-state index < -0.39 is 0 Å². The number of benzene rings is 1. The number of hydrogen-bond donors (Lipinski definition) is 2. The minimum absolute atomic E-state index is 0.134. The summed E-state index contributed by atoms with van der Waals surface area (Å²) in [6.07, 6.45) is 3.65. The summed E-state index contributed by atoms with van der Waals surface area (Å²) in [5, 5.41) is 12.8.